The highest BCUT2D eigenvalue weighted by atomic mass is 19.4. The molecule has 2 N–H and O–H groups in total. The molecule has 0 radical (unpaired) electrons. The molecule has 1 rings (SSSR count). The molecule has 5 heteroatoms. The van der Waals surface area contributed by atoms with Crippen LogP contribution in [0.4, 0.5) is 13.2 Å². The quantitative estimate of drug-likeness (QED) is 0.644. The first kappa shape index (κ1) is 10.8. The van der Waals surface area contributed by atoms with Gasteiger partial charge >= 0.3 is 6.18 Å². The second-order valence-electron chi connectivity index (χ2n) is 3.45. The van der Waals surface area contributed by atoms with E-state index in [4.69, 9.17) is 0 Å². The van der Waals surface area contributed by atoms with Crippen LogP contribution in [0.1, 0.15) is 12.8 Å². The Morgan fingerprint density at radius 3 is 2.46 bits per heavy atom. The number of hydrogen-bond acceptors (Lipinski definition) is 2. The standard InChI is InChI=1S/C8H15F3N2/c9-8(10,11)2-1-3-12-4-7-5-13-6-7/h7,12-13H,1-6H2. The summed E-state index contributed by atoms with van der Waals surface area (Å²) in [6.45, 7) is 3.29. The van der Waals surface area contributed by atoms with Crippen molar-refractivity contribution < 1.29 is 13.2 Å². The van der Waals surface area contributed by atoms with Gasteiger partial charge in [0.25, 0.3) is 0 Å². The molecule has 0 aromatic heterocycles. The molecule has 0 atom stereocenters. The maximum absolute atomic E-state index is 11.7. The first-order chi connectivity index (χ1) is 6.08. The van der Waals surface area contributed by atoms with Crippen LogP contribution in [0.25, 0.3) is 0 Å². The third-order valence-electron chi connectivity index (χ3n) is 2.11. The van der Waals surface area contributed by atoms with E-state index in [1.54, 1.807) is 0 Å². The second-order valence-corrected chi connectivity index (χ2v) is 3.45. The van der Waals surface area contributed by atoms with Gasteiger partial charge in [-0.2, -0.15) is 13.2 Å². The van der Waals surface area contributed by atoms with Gasteiger partial charge in [0.05, 0.1) is 0 Å². The Bertz CT molecular complexity index is 143. The summed E-state index contributed by atoms with van der Waals surface area (Å²) in [5, 5.41) is 6.13. The van der Waals surface area contributed by atoms with Crippen molar-refractivity contribution in [2.24, 2.45) is 5.92 Å². The van der Waals surface area contributed by atoms with Crippen molar-refractivity contribution in [3.63, 3.8) is 0 Å². The molecule has 0 saturated carbocycles. The lowest BCUT2D eigenvalue weighted by atomic mass is 10.0. The van der Waals surface area contributed by atoms with Crippen molar-refractivity contribution in [3.05, 3.63) is 0 Å². The van der Waals surface area contributed by atoms with Crippen LogP contribution in [0.2, 0.25) is 0 Å². The number of alkyl halides is 3. The van der Waals surface area contributed by atoms with E-state index in [0.29, 0.717) is 12.5 Å². The molecule has 0 amide bonds. The molecule has 1 aliphatic rings. The van der Waals surface area contributed by atoms with Gasteiger partial charge in [-0.1, -0.05) is 0 Å². The van der Waals surface area contributed by atoms with Crippen LogP contribution in [0.15, 0.2) is 0 Å². The minimum Gasteiger partial charge on any atom is -0.316 e. The Balaban J connectivity index is 1.83. The molecule has 0 bridgehead atoms. The summed E-state index contributed by atoms with van der Waals surface area (Å²) in [6.07, 6.45) is -4.49. The first-order valence-electron chi connectivity index (χ1n) is 4.56. The fraction of sp³-hybridized carbons (Fsp3) is 1.00. The lowest BCUT2D eigenvalue weighted by molar-refractivity contribution is -0.135. The molecule has 0 unspecified atom stereocenters. The maximum Gasteiger partial charge on any atom is 0.389 e. The lowest BCUT2D eigenvalue weighted by Gasteiger charge is -2.27. The molecule has 0 aliphatic carbocycles. The fourth-order valence-electron chi connectivity index (χ4n) is 1.21. The average molecular weight is 196 g/mol. The van der Waals surface area contributed by atoms with Gasteiger partial charge in [0.2, 0.25) is 0 Å². The molecule has 13 heavy (non-hydrogen) atoms. The van der Waals surface area contributed by atoms with Crippen molar-refractivity contribution in [2.75, 3.05) is 26.2 Å². The van der Waals surface area contributed by atoms with Crippen LogP contribution in [0, 0.1) is 5.92 Å². The van der Waals surface area contributed by atoms with E-state index in [-0.39, 0.29) is 6.42 Å². The van der Waals surface area contributed by atoms with Crippen LogP contribution < -0.4 is 10.6 Å². The number of halogens is 3. The van der Waals surface area contributed by atoms with E-state index < -0.39 is 12.6 Å². The SMILES string of the molecule is FC(F)(F)CCCNCC1CNC1. The van der Waals surface area contributed by atoms with E-state index in [9.17, 15) is 13.2 Å². The Hall–Kier alpha value is -0.290. The highest BCUT2D eigenvalue weighted by molar-refractivity contribution is 4.76. The van der Waals surface area contributed by atoms with E-state index in [1.165, 1.54) is 0 Å². The summed E-state index contributed by atoms with van der Waals surface area (Å²) >= 11 is 0. The largest absolute Gasteiger partial charge is 0.389 e. The fourth-order valence-corrected chi connectivity index (χ4v) is 1.21. The summed E-state index contributed by atoms with van der Waals surface area (Å²) in [5.41, 5.74) is 0. The zero-order valence-electron chi connectivity index (χ0n) is 7.45. The van der Waals surface area contributed by atoms with Gasteiger partial charge in [-0.3, -0.25) is 0 Å². The Kier molecular flexibility index (Phi) is 3.99. The number of nitrogens with one attached hydrogen (secondary N) is 2. The molecule has 0 aromatic rings. The van der Waals surface area contributed by atoms with Crippen LogP contribution in [0.5, 0.6) is 0 Å². The minimum absolute atomic E-state index is 0.184. The summed E-state index contributed by atoms with van der Waals surface area (Å²) in [7, 11) is 0. The zero-order chi connectivity index (χ0) is 9.73. The van der Waals surface area contributed by atoms with Gasteiger partial charge in [0.15, 0.2) is 0 Å². The highest BCUT2D eigenvalue weighted by Gasteiger charge is 2.25. The van der Waals surface area contributed by atoms with E-state index in [0.717, 1.165) is 19.6 Å². The Labute approximate surface area is 75.9 Å². The molecule has 2 nitrogen and oxygen atoms in total. The molecule has 1 fully saturated rings. The number of hydrogen-bond donors (Lipinski definition) is 2. The normalized spacial score (nSPS) is 18.7. The third-order valence-corrected chi connectivity index (χ3v) is 2.11. The van der Waals surface area contributed by atoms with Crippen LogP contribution in [0.3, 0.4) is 0 Å². The van der Waals surface area contributed by atoms with Crippen LogP contribution in [-0.4, -0.2) is 32.4 Å². The van der Waals surface area contributed by atoms with Crippen molar-refractivity contribution >= 4 is 0 Å². The Morgan fingerprint density at radius 2 is 2.00 bits per heavy atom. The van der Waals surface area contributed by atoms with Crippen LogP contribution >= 0.6 is 0 Å². The number of rotatable bonds is 5. The van der Waals surface area contributed by atoms with E-state index >= 15 is 0 Å². The molecule has 1 saturated heterocycles. The smallest absolute Gasteiger partial charge is 0.316 e. The summed E-state index contributed by atoms with van der Waals surface area (Å²) < 4.78 is 35.0. The van der Waals surface area contributed by atoms with Gasteiger partial charge in [-0.15, -0.1) is 0 Å². The summed E-state index contributed by atoms with van der Waals surface area (Å²) in [6, 6.07) is 0. The van der Waals surface area contributed by atoms with E-state index in [2.05, 4.69) is 10.6 Å². The van der Waals surface area contributed by atoms with Gasteiger partial charge in [0.1, 0.15) is 0 Å². The van der Waals surface area contributed by atoms with Crippen molar-refractivity contribution in [3.8, 4) is 0 Å². The molecule has 78 valence electrons. The predicted molar refractivity (Wildman–Crippen MR) is 44.5 cm³/mol. The van der Waals surface area contributed by atoms with Gasteiger partial charge < -0.3 is 10.6 Å². The topological polar surface area (TPSA) is 24.1 Å². The molecule has 1 heterocycles. The van der Waals surface area contributed by atoms with Crippen LogP contribution in [-0.2, 0) is 0 Å². The second kappa shape index (κ2) is 4.81. The Morgan fingerprint density at radius 1 is 1.31 bits per heavy atom. The molecular weight excluding hydrogens is 181 g/mol. The van der Waals surface area contributed by atoms with Crippen molar-refractivity contribution in [2.45, 2.75) is 19.0 Å². The summed E-state index contributed by atoms with van der Waals surface area (Å²) in [5.74, 6) is 0.617. The summed E-state index contributed by atoms with van der Waals surface area (Å²) in [4.78, 5) is 0. The van der Waals surface area contributed by atoms with E-state index in [1.807, 2.05) is 0 Å². The molecule has 0 spiro atoms. The lowest BCUT2D eigenvalue weighted by Crippen LogP contribution is -2.47. The maximum atomic E-state index is 11.7. The highest BCUT2D eigenvalue weighted by Crippen LogP contribution is 2.20. The van der Waals surface area contributed by atoms with Gasteiger partial charge in [-0.25, -0.2) is 0 Å². The zero-order valence-corrected chi connectivity index (χ0v) is 7.45. The van der Waals surface area contributed by atoms with Gasteiger partial charge in [-0.05, 0) is 18.9 Å². The molecule has 1 aliphatic heterocycles. The first-order valence-corrected chi connectivity index (χ1v) is 4.56. The van der Waals surface area contributed by atoms with Crippen molar-refractivity contribution in [1.29, 1.82) is 0 Å². The third kappa shape index (κ3) is 5.10. The molecule has 0 aromatic carbocycles. The average Bonchev–Trinajstić information content (AvgIpc) is 1.90. The monoisotopic (exact) mass is 196 g/mol. The molecular formula is C8H15F3N2. The minimum atomic E-state index is -4.00. The van der Waals surface area contributed by atoms with Crippen molar-refractivity contribution in [1.82, 2.24) is 10.6 Å². The predicted octanol–water partition coefficient (Wildman–Crippen LogP) is 1.14. The van der Waals surface area contributed by atoms with Gasteiger partial charge in [0, 0.05) is 26.1 Å².